The molecule has 0 atom stereocenters. The first kappa shape index (κ1) is 12.0. The molecule has 5 heteroatoms. The molecule has 2 N–H and O–H groups in total. The summed E-state index contributed by atoms with van der Waals surface area (Å²) < 4.78 is 13.4. The average molecular weight is 251 g/mol. The standard InChI is InChI=1S/C12H14FN3S/c1-16(8-10-6-15-12(14)17-10)7-9-4-2-3-5-11(9)13/h2-6H,7-8H2,1H3,(H2,14,15). The first-order valence-corrected chi connectivity index (χ1v) is 6.09. The molecule has 0 fully saturated rings. The van der Waals surface area contributed by atoms with Crippen LogP contribution in [-0.2, 0) is 13.1 Å². The number of benzene rings is 1. The summed E-state index contributed by atoms with van der Waals surface area (Å²) in [6.07, 6.45) is 1.76. The van der Waals surface area contributed by atoms with Gasteiger partial charge in [0.25, 0.3) is 0 Å². The van der Waals surface area contributed by atoms with Crippen LogP contribution in [0.2, 0.25) is 0 Å². The quantitative estimate of drug-likeness (QED) is 0.907. The molecule has 0 aliphatic carbocycles. The number of thiazole rings is 1. The third kappa shape index (κ3) is 3.25. The molecule has 0 spiro atoms. The molecule has 2 aromatic rings. The second-order valence-corrected chi connectivity index (χ2v) is 5.08. The summed E-state index contributed by atoms with van der Waals surface area (Å²) in [6.45, 7) is 1.30. The topological polar surface area (TPSA) is 42.2 Å². The fourth-order valence-electron chi connectivity index (χ4n) is 1.64. The highest BCUT2D eigenvalue weighted by Crippen LogP contribution is 2.17. The maximum absolute atomic E-state index is 13.4. The van der Waals surface area contributed by atoms with Crippen molar-refractivity contribution >= 4 is 16.5 Å². The van der Waals surface area contributed by atoms with Crippen LogP contribution in [0.25, 0.3) is 0 Å². The summed E-state index contributed by atoms with van der Waals surface area (Å²) in [5.74, 6) is -0.164. The van der Waals surface area contributed by atoms with E-state index in [9.17, 15) is 4.39 Å². The minimum atomic E-state index is -0.164. The van der Waals surface area contributed by atoms with Gasteiger partial charge in [0.15, 0.2) is 5.13 Å². The predicted octanol–water partition coefficient (Wildman–Crippen LogP) is 2.50. The number of rotatable bonds is 4. The lowest BCUT2D eigenvalue weighted by Gasteiger charge is -2.15. The van der Waals surface area contributed by atoms with Crippen LogP contribution >= 0.6 is 11.3 Å². The summed E-state index contributed by atoms with van der Waals surface area (Å²) in [4.78, 5) is 7.11. The van der Waals surface area contributed by atoms with Gasteiger partial charge in [0.1, 0.15) is 5.82 Å². The SMILES string of the molecule is CN(Cc1cnc(N)s1)Cc1ccccc1F. The molecule has 0 aliphatic heterocycles. The molecule has 1 aromatic carbocycles. The van der Waals surface area contributed by atoms with Crippen molar-refractivity contribution in [1.29, 1.82) is 0 Å². The number of halogens is 1. The van der Waals surface area contributed by atoms with Gasteiger partial charge < -0.3 is 5.73 Å². The Morgan fingerprint density at radius 1 is 1.35 bits per heavy atom. The Balaban J connectivity index is 1.98. The van der Waals surface area contributed by atoms with Crippen LogP contribution < -0.4 is 5.73 Å². The van der Waals surface area contributed by atoms with E-state index < -0.39 is 0 Å². The lowest BCUT2D eigenvalue weighted by atomic mass is 10.2. The number of hydrogen-bond donors (Lipinski definition) is 1. The maximum Gasteiger partial charge on any atom is 0.180 e. The van der Waals surface area contributed by atoms with Crippen LogP contribution in [0, 0.1) is 5.82 Å². The van der Waals surface area contributed by atoms with Gasteiger partial charge in [-0.3, -0.25) is 4.90 Å². The van der Waals surface area contributed by atoms with E-state index in [1.54, 1.807) is 18.3 Å². The van der Waals surface area contributed by atoms with Crippen LogP contribution in [0.1, 0.15) is 10.4 Å². The molecule has 1 aromatic heterocycles. The number of anilines is 1. The summed E-state index contributed by atoms with van der Waals surface area (Å²) >= 11 is 1.46. The molecule has 90 valence electrons. The highest BCUT2D eigenvalue weighted by molar-refractivity contribution is 7.15. The van der Waals surface area contributed by atoms with Gasteiger partial charge >= 0.3 is 0 Å². The van der Waals surface area contributed by atoms with Gasteiger partial charge in [0, 0.05) is 29.7 Å². The first-order chi connectivity index (χ1) is 8.15. The molecule has 17 heavy (non-hydrogen) atoms. The van der Waals surface area contributed by atoms with Gasteiger partial charge in [-0.25, -0.2) is 9.37 Å². The Morgan fingerprint density at radius 3 is 2.76 bits per heavy atom. The van der Waals surface area contributed by atoms with Crippen LogP contribution in [0.3, 0.4) is 0 Å². The predicted molar refractivity (Wildman–Crippen MR) is 68.1 cm³/mol. The van der Waals surface area contributed by atoms with Gasteiger partial charge in [-0.2, -0.15) is 0 Å². The van der Waals surface area contributed by atoms with Crippen molar-refractivity contribution in [1.82, 2.24) is 9.88 Å². The molecule has 0 bridgehead atoms. The summed E-state index contributed by atoms with van der Waals surface area (Å²) in [6, 6.07) is 6.82. The molecule has 2 rings (SSSR count). The third-order valence-electron chi connectivity index (χ3n) is 2.40. The van der Waals surface area contributed by atoms with Crippen molar-refractivity contribution < 1.29 is 4.39 Å². The molecular weight excluding hydrogens is 237 g/mol. The Kier molecular flexibility index (Phi) is 3.71. The van der Waals surface area contributed by atoms with Gasteiger partial charge in [-0.1, -0.05) is 18.2 Å². The number of aromatic nitrogens is 1. The molecule has 0 saturated heterocycles. The highest BCUT2D eigenvalue weighted by atomic mass is 32.1. The second kappa shape index (κ2) is 5.25. The minimum Gasteiger partial charge on any atom is -0.375 e. The second-order valence-electron chi connectivity index (χ2n) is 3.93. The summed E-state index contributed by atoms with van der Waals surface area (Å²) in [5.41, 5.74) is 6.26. The van der Waals surface area contributed by atoms with E-state index in [0.717, 1.165) is 11.4 Å². The van der Waals surface area contributed by atoms with Crippen LogP contribution in [0.5, 0.6) is 0 Å². The van der Waals surface area contributed by atoms with Gasteiger partial charge in [0.2, 0.25) is 0 Å². The number of nitrogens with zero attached hydrogens (tertiary/aromatic N) is 2. The van der Waals surface area contributed by atoms with E-state index in [1.165, 1.54) is 17.4 Å². The van der Waals surface area contributed by atoms with Gasteiger partial charge in [-0.15, -0.1) is 11.3 Å². The van der Waals surface area contributed by atoms with E-state index in [1.807, 2.05) is 18.0 Å². The molecule has 1 heterocycles. The molecule has 0 unspecified atom stereocenters. The molecule has 0 radical (unpaired) electrons. The first-order valence-electron chi connectivity index (χ1n) is 5.27. The number of nitrogens with two attached hydrogens (primary N) is 1. The smallest absolute Gasteiger partial charge is 0.180 e. The largest absolute Gasteiger partial charge is 0.375 e. The normalized spacial score (nSPS) is 11.0. The Labute approximate surface area is 104 Å². The van der Waals surface area contributed by atoms with Crippen molar-refractivity contribution in [3.8, 4) is 0 Å². The van der Waals surface area contributed by atoms with Crippen LogP contribution in [0.4, 0.5) is 9.52 Å². The zero-order valence-electron chi connectivity index (χ0n) is 9.56. The molecule has 3 nitrogen and oxygen atoms in total. The monoisotopic (exact) mass is 251 g/mol. The lowest BCUT2D eigenvalue weighted by Crippen LogP contribution is -2.17. The molecule has 0 saturated carbocycles. The van der Waals surface area contributed by atoms with Gasteiger partial charge in [0.05, 0.1) is 0 Å². The Hall–Kier alpha value is -1.46. The molecule has 0 aliphatic rings. The fraction of sp³-hybridized carbons (Fsp3) is 0.250. The van der Waals surface area contributed by atoms with Crippen molar-refractivity contribution in [3.05, 3.63) is 46.7 Å². The number of nitrogen functional groups attached to an aromatic ring is 1. The van der Waals surface area contributed by atoms with Crippen molar-refractivity contribution in [2.75, 3.05) is 12.8 Å². The van der Waals surface area contributed by atoms with Crippen LogP contribution in [-0.4, -0.2) is 16.9 Å². The number of hydrogen-bond acceptors (Lipinski definition) is 4. The van der Waals surface area contributed by atoms with Crippen LogP contribution in [0.15, 0.2) is 30.5 Å². The van der Waals surface area contributed by atoms with E-state index >= 15 is 0 Å². The Bertz CT molecular complexity index is 498. The zero-order chi connectivity index (χ0) is 12.3. The lowest BCUT2D eigenvalue weighted by molar-refractivity contribution is 0.316. The van der Waals surface area contributed by atoms with E-state index in [0.29, 0.717) is 17.2 Å². The minimum absolute atomic E-state index is 0.164. The molecular formula is C12H14FN3S. The average Bonchev–Trinajstić information content (AvgIpc) is 2.67. The van der Waals surface area contributed by atoms with E-state index in [4.69, 9.17) is 5.73 Å². The van der Waals surface area contributed by atoms with E-state index in [2.05, 4.69) is 4.98 Å². The van der Waals surface area contributed by atoms with Crippen molar-refractivity contribution in [3.63, 3.8) is 0 Å². The summed E-state index contributed by atoms with van der Waals surface area (Å²) in [7, 11) is 1.95. The highest BCUT2D eigenvalue weighted by Gasteiger charge is 2.07. The Morgan fingerprint density at radius 2 is 2.12 bits per heavy atom. The van der Waals surface area contributed by atoms with Crippen molar-refractivity contribution in [2.24, 2.45) is 0 Å². The summed E-state index contributed by atoms with van der Waals surface area (Å²) in [5, 5.41) is 0.569. The van der Waals surface area contributed by atoms with Crippen molar-refractivity contribution in [2.45, 2.75) is 13.1 Å². The maximum atomic E-state index is 13.4. The van der Waals surface area contributed by atoms with Gasteiger partial charge in [-0.05, 0) is 13.1 Å². The van der Waals surface area contributed by atoms with E-state index in [-0.39, 0.29) is 5.82 Å². The fourth-order valence-corrected chi connectivity index (χ4v) is 2.40. The molecule has 0 amide bonds. The third-order valence-corrected chi connectivity index (χ3v) is 3.21. The zero-order valence-corrected chi connectivity index (χ0v) is 10.4.